The van der Waals surface area contributed by atoms with Crippen LogP contribution in [0.25, 0.3) is 0 Å². The van der Waals surface area contributed by atoms with Crippen LogP contribution in [0.3, 0.4) is 0 Å². The molecule has 0 radical (unpaired) electrons. The zero-order valence-corrected chi connectivity index (χ0v) is 13.7. The second-order valence-electron chi connectivity index (χ2n) is 4.57. The molecule has 0 aliphatic heterocycles. The molecule has 1 aromatic carbocycles. The molecule has 0 amide bonds. The number of nitrogens with zero attached hydrogens (tertiary/aromatic N) is 1. The van der Waals surface area contributed by atoms with Crippen LogP contribution in [0.1, 0.15) is 12.8 Å². The van der Waals surface area contributed by atoms with Gasteiger partial charge in [-0.2, -0.15) is 0 Å². The molecule has 7 heteroatoms. The van der Waals surface area contributed by atoms with E-state index in [1.807, 2.05) is 4.90 Å². The Balaban J connectivity index is 2.47. The fourth-order valence-corrected chi connectivity index (χ4v) is 3.25. The summed E-state index contributed by atoms with van der Waals surface area (Å²) in [7, 11) is -1.50. The quantitative estimate of drug-likeness (QED) is 0.764. The van der Waals surface area contributed by atoms with Gasteiger partial charge < -0.3 is 10.0 Å². The number of carboxylic acids is 1. The zero-order chi connectivity index (χ0) is 15.2. The van der Waals surface area contributed by atoms with Gasteiger partial charge in [0.05, 0.1) is 10.6 Å². The van der Waals surface area contributed by atoms with E-state index < -0.39 is 15.8 Å². The summed E-state index contributed by atoms with van der Waals surface area (Å²) >= 11 is 3.26. The number of hydrogen-bond acceptors (Lipinski definition) is 4. The number of aliphatic carboxylic acids is 1. The van der Waals surface area contributed by atoms with Gasteiger partial charge in [0.15, 0.2) is 9.84 Å². The van der Waals surface area contributed by atoms with Crippen molar-refractivity contribution in [3.63, 3.8) is 0 Å². The molecule has 0 bridgehead atoms. The van der Waals surface area contributed by atoms with Crippen LogP contribution in [0.4, 0.5) is 0 Å². The Morgan fingerprint density at radius 1 is 1.25 bits per heavy atom. The molecule has 1 rings (SSSR count). The van der Waals surface area contributed by atoms with E-state index >= 15 is 0 Å². The van der Waals surface area contributed by atoms with Crippen LogP contribution in [0.15, 0.2) is 33.6 Å². The van der Waals surface area contributed by atoms with Crippen LogP contribution in [0, 0.1) is 0 Å². The SMILES string of the molecule is CN(CCCC(=O)O)CCS(=O)(=O)c1ccc(Br)cc1. The highest BCUT2D eigenvalue weighted by Crippen LogP contribution is 2.16. The molecule has 1 aromatic rings. The molecule has 112 valence electrons. The minimum atomic E-state index is -3.29. The molecule has 0 heterocycles. The highest BCUT2D eigenvalue weighted by molar-refractivity contribution is 9.10. The molecular weight excluding hydrogens is 346 g/mol. The molecule has 0 aliphatic carbocycles. The Hall–Kier alpha value is -0.920. The predicted molar refractivity (Wildman–Crippen MR) is 80.6 cm³/mol. The maximum atomic E-state index is 12.1. The third kappa shape index (κ3) is 6.02. The van der Waals surface area contributed by atoms with Crippen molar-refractivity contribution >= 4 is 31.7 Å². The Labute approximate surface area is 127 Å². The van der Waals surface area contributed by atoms with Gasteiger partial charge >= 0.3 is 5.97 Å². The van der Waals surface area contributed by atoms with Gasteiger partial charge in [-0.3, -0.25) is 4.79 Å². The van der Waals surface area contributed by atoms with Crippen molar-refractivity contribution in [3.05, 3.63) is 28.7 Å². The summed E-state index contributed by atoms with van der Waals surface area (Å²) < 4.78 is 25.0. The van der Waals surface area contributed by atoms with Crippen LogP contribution in [0.2, 0.25) is 0 Å². The van der Waals surface area contributed by atoms with Gasteiger partial charge in [-0.25, -0.2) is 8.42 Å². The standard InChI is InChI=1S/C13H18BrNO4S/c1-15(8-2-3-13(16)17)9-10-20(18,19)12-6-4-11(14)5-7-12/h4-7H,2-3,8-10H2,1H3,(H,16,17). The van der Waals surface area contributed by atoms with Crippen molar-refractivity contribution in [2.75, 3.05) is 25.9 Å². The van der Waals surface area contributed by atoms with E-state index in [9.17, 15) is 13.2 Å². The Morgan fingerprint density at radius 2 is 1.85 bits per heavy atom. The summed E-state index contributed by atoms with van der Waals surface area (Å²) in [6.07, 6.45) is 0.619. The number of hydrogen-bond donors (Lipinski definition) is 1. The average Bonchev–Trinajstić information content (AvgIpc) is 2.36. The molecule has 5 nitrogen and oxygen atoms in total. The number of benzene rings is 1. The molecule has 0 spiro atoms. The molecule has 0 saturated carbocycles. The molecule has 0 saturated heterocycles. The molecule has 1 N–H and O–H groups in total. The van der Waals surface area contributed by atoms with Gasteiger partial charge in [0.25, 0.3) is 0 Å². The zero-order valence-electron chi connectivity index (χ0n) is 11.3. The Morgan fingerprint density at radius 3 is 2.40 bits per heavy atom. The van der Waals surface area contributed by atoms with Crippen molar-refractivity contribution in [3.8, 4) is 0 Å². The minimum absolute atomic E-state index is 0.0260. The van der Waals surface area contributed by atoms with Crippen LogP contribution in [-0.4, -0.2) is 50.3 Å². The first-order valence-corrected chi connectivity index (χ1v) is 8.64. The second-order valence-corrected chi connectivity index (χ2v) is 7.60. The lowest BCUT2D eigenvalue weighted by atomic mass is 10.3. The summed E-state index contributed by atoms with van der Waals surface area (Å²) in [4.78, 5) is 12.5. The number of carbonyl (C=O) groups is 1. The topological polar surface area (TPSA) is 74.7 Å². The van der Waals surface area contributed by atoms with Crippen LogP contribution in [-0.2, 0) is 14.6 Å². The normalized spacial score (nSPS) is 11.8. The van der Waals surface area contributed by atoms with Gasteiger partial charge in [-0.15, -0.1) is 0 Å². The lowest BCUT2D eigenvalue weighted by Crippen LogP contribution is -2.27. The Bertz CT molecular complexity index is 542. The van der Waals surface area contributed by atoms with Crippen LogP contribution in [0.5, 0.6) is 0 Å². The number of halogens is 1. The van der Waals surface area contributed by atoms with Crippen molar-refractivity contribution in [2.24, 2.45) is 0 Å². The first kappa shape index (κ1) is 17.1. The first-order chi connectivity index (χ1) is 9.31. The summed E-state index contributed by atoms with van der Waals surface area (Å²) in [6.45, 7) is 0.959. The van der Waals surface area contributed by atoms with Gasteiger partial charge in [0.2, 0.25) is 0 Å². The number of sulfone groups is 1. The van der Waals surface area contributed by atoms with E-state index in [-0.39, 0.29) is 12.2 Å². The van der Waals surface area contributed by atoms with E-state index in [4.69, 9.17) is 5.11 Å². The molecule has 0 aromatic heterocycles. The summed E-state index contributed by atoms with van der Waals surface area (Å²) in [5.74, 6) is -0.807. The van der Waals surface area contributed by atoms with Crippen molar-refractivity contribution in [1.82, 2.24) is 4.90 Å². The van der Waals surface area contributed by atoms with Crippen molar-refractivity contribution in [2.45, 2.75) is 17.7 Å². The lowest BCUT2D eigenvalue weighted by Gasteiger charge is -2.15. The Kier molecular flexibility index (Phi) is 6.64. The molecule has 20 heavy (non-hydrogen) atoms. The highest BCUT2D eigenvalue weighted by Gasteiger charge is 2.15. The monoisotopic (exact) mass is 363 g/mol. The maximum absolute atomic E-state index is 12.1. The molecule has 0 aliphatic rings. The third-order valence-electron chi connectivity index (χ3n) is 2.84. The van der Waals surface area contributed by atoms with Gasteiger partial charge in [0, 0.05) is 17.4 Å². The van der Waals surface area contributed by atoms with Gasteiger partial charge in [-0.1, -0.05) is 15.9 Å². The highest BCUT2D eigenvalue weighted by atomic mass is 79.9. The summed E-state index contributed by atoms with van der Waals surface area (Å²) in [6, 6.07) is 6.54. The average molecular weight is 364 g/mol. The van der Waals surface area contributed by atoms with E-state index in [1.54, 1.807) is 31.3 Å². The molecule has 0 unspecified atom stereocenters. The third-order valence-corrected chi connectivity index (χ3v) is 5.08. The van der Waals surface area contributed by atoms with E-state index in [0.717, 1.165) is 4.47 Å². The first-order valence-electron chi connectivity index (χ1n) is 6.20. The maximum Gasteiger partial charge on any atom is 0.303 e. The fourth-order valence-electron chi connectivity index (χ4n) is 1.65. The largest absolute Gasteiger partial charge is 0.481 e. The predicted octanol–water partition coefficient (Wildman–Crippen LogP) is 2.02. The number of rotatable bonds is 8. The minimum Gasteiger partial charge on any atom is -0.481 e. The summed E-state index contributed by atoms with van der Waals surface area (Å²) in [5, 5.41) is 8.54. The van der Waals surface area contributed by atoms with Gasteiger partial charge in [-0.05, 0) is 44.3 Å². The fraction of sp³-hybridized carbons (Fsp3) is 0.462. The second kappa shape index (κ2) is 7.75. The van der Waals surface area contributed by atoms with Gasteiger partial charge in [0.1, 0.15) is 0 Å². The molecule has 0 fully saturated rings. The summed E-state index contributed by atoms with van der Waals surface area (Å²) in [5.41, 5.74) is 0. The van der Waals surface area contributed by atoms with Crippen molar-refractivity contribution in [1.29, 1.82) is 0 Å². The van der Waals surface area contributed by atoms with E-state index in [2.05, 4.69) is 15.9 Å². The van der Waals surface area contributed by atoms with Crippen molar-refractivity contribution < 1.29 is 18.3 Å². The number of carboxylic acid groups (broad SMARTS) is 1. The molecule has 0 atom stereocenters. The molecular formula is C13H18BrNO4S. The van der Waals surface area contributed by atoms with E-state index in [0.29, 0.717) is 24.4 Å². The van der Waals surface area contributed by atoms with E-state index in [1.165, 1.54) is 0 Å². The van der Waals surface area contributed by atoms with Crippen LogP contribution < -0.4 is 0 Å². The van der Waals surface area contributed by atoms with Crippen LogP contribution >= 0.6 is 15.9 Å². The smallest absolute Gasteiger partial charge is 0.303 e. The lowest BCUT2D eigenvalue weighted by molar-refractivity contribution is -0.137.